The molecular weight excluding hydrogens is 344 g/mol. The molecule has 4 nitrogen and oxygen atoms in total. The van der Waals surface area contributed by atoms with Gasteiger partial charge >= 0.3 is 0 Å². The molecule has 0 aliphatic heterocycles. The maximum atomic E-state index is 4.70. The lowest BCUT2D eigenvalue weighted by Gasteiger charge is -2.13. The number of rotatable bonds is 4. The first-order chi connectivity index (χ1) is 12.3. The van der Waals surface area contributed by atoms with Gasteiger partial charge in [-0.3, -0.25) is 0 Å². The molecule has 2 N–H and O–H groups in total. The fraction of sp³-hybridized carbons (Fsp3) is 0.0476. The van der Waals surface area contributed by atoms with Crippen LogP contribution in [0.5, 0.6) is 0 Å². The molecule has 26 heavy (non-hydrogen) atoms. The Hall–Kier alpha value is -3.11. The Kier molecular flexibility index (Phi) is 5.34. The first-order valence-electron chi connectivity index (χ1n) is 8.21. The van der Waals surface area contributed by atoms with E-state index in [4.69, 9.17) is 4.98 Å². The molecule has 4 rings (SSSR count). The predicted octanol–water partition coefficient (Wildman–Crippen LogP) is 5.85. The van der Waals surface area contributed by atoms with Gasteiger partial charge in [-0.15, -0.1) is 12.4 Å². The molecule has 0 spiro atoms. The lowest BCUT2D eigenvalue weighted by atomic mass is 10.2. The Morgan fingerprint density at radius 3 is 2.19 bits per heavy atom. The highest BCUT2D eigenvalue weighted by atomic mass is 35.5. The third kappa shape index (κ3) is 3.76. The van der Waals surface area contributed by atoms with Crippen molar-refractivity contribution in [2.24, 2.45) is 0 Å². The second-order valence-corrected chi connectivity index (χ2v) is 5.84. The molecule has 1 heterocycles. The molecule has 0 amide bonds. The van der Waals surface area contributed by atoms with E-state index >= 15 is 0 Å². The van der Waals surface area contributed by atoms with Crippen LogP contribution in [0.4, 0.5) is 23.1 Å². The molecule has 0 saturated carbocycles. The molecule has 0 aliphatic rings. The van der Waals surface area contributed by atoms with Gasteiger partial charge in [-0.25, -0.2) is 4.98 Å². The molecule has 0 saturated heterocycles. The highest BCUT2D eigenvalue weighted by Gasteiger charge is 2.09. The van der Waals surface area contributed by atoms with Gasteiger partial charge in [0.05, 0.1) is 5.52 Å². The molecule has 5 heteroatoms. The number of benzene rings is 3. The Morgan fingerprint density at radius 1 is 0.692 bits per heavy atom. The summed E-state index contributed by atoms with van der Waals surface area (Å²) in [4.78, 5) is 9.35. The van der Waals surface area contributed by atoms with Gasteiger partial charge in [-0.05, 0) is 42.8 Å². The molecule has 0 fully saturated rings. The Labute approximate surface area is 158 Å². The van der Waals surface area contributed by atoms with Crippen molar-refractivity contribution in [1.82, 2.24) is 9.97 Å². The summed E-state index contributed by atoms with van der Waals surface area (Å²) < 4.78 is 0. The van der Waals surface area contributed by atoms with Crippen LogP contribution in [0.25, 0.3) is 10.9 Å². The van der Waals surface area contributed by atoms with Gasteiger partial charge < -0.3 is 10.6 Å². The van der Waals surface area contributed by atoms with Gasteiger partial charge in [0.1, 0.15) is 5.82 Å². The number of anilines is 4. The van der Waals surface area contributed by atoms with Crippen LogP contribution >= 0.6 is 12.4 Å². The minimum Gasteiger partial charge on any atom is -0.340 e. The van der Waals surface area contributed by atoms with Crippen molar-refractivity contribution in [3.63, 3.8) is 0 Å². The number of hydrogen-bond donors (Lipinski definition) is 2. The van der Waals surface area contributed by atoms with Gasteiger partial charge in [-0.1, -0.05) is 48.5 Å². The van der Waals surface area contributed by atoms with E-state index in [1.807, 2.05) is 72.8 Å². The first-order valence-corrected chi connectivity index (χ1v) is 8.21. The van der Waals surface area contributed by atoms with E-state index in [2.05, 4.69) is 28.6 Å². The van der Waals surface area contributed by atoms with Crippen molar-refractivity contribution in [2.45, 2.75) is 6.92 Å². The van der Waals surface area contributed by atoms with Crippen LogP contribution < -0.4 is 10.6 Å². The second kappa shape index (κ2) is 7.85. The summed E-state index contributed by atoms with van der Waals surface area (Å²) in [6.45, 7) is 2.06. The molecular formula is C21H19ClN4. The summed E-state index contributed by atoms with van der Waals surface area (Å²) in [7, 11) is 0. The van der Waals surface area contributed by atoms with Crippen molar-refractivity contribution in [3.05, 3.63) is 84.4 Å². The zero-order valence-electron chi connectivity index (χ0n) is 14.3. The highest BCUT2D eigenvalue weighted by molar-refractivity contribution is 5.92. The summed E-state index contributed by atoms with van der Waals surface area (Å²) in [6.07, 6.45) is 0. The summed E-state index contributed by atoms with van der Waals surface area (Å²) in [5.74, 6) is 1.36. The number of aryl methyl sites for hydroxylation is 1. The number of fused-ring (bicyclic) bond motifs is 1. The van der Waals surface area contributed by atoms with E-state index in [0.29, 0.717) is 5.95 Å². The quantitative estimate of drug-likeness (QED) is 0.478. The average molecular weight is 363 g/mol. The Bertz CT molecular complexity index is 1020. The van der Waals surface area contributed by atoms with Gasteiger partial charge in [0.25, 0.3) is 0 Å². The average Bonchev–Trinajstić information content (AvgIpc) is 2.65. The molecule has 1 aromatic heterocycles. The molecule has 3 aromatic carbocycles. The van der Waals surface area contributed by atoms with E-state index in [9.17, 15) is 0 Å². The predicted molar refractivity (Wildman–Crippen MR) is 111 cm³/mol. The lowest BCUT2D eigenvalue weighted by Crippen LogP contribution is -2.03. The molecule has 0 bridgehead atoms. The molecule has 0 atom stereocenters. The van der Waals surface area contributed by atoms with Gasteiger partial charge in [0.2, 0.25) is 5.95 Å². The zero-order valence-corrected chi connectivity index (χ0v) is 15.1. The Balaban J connectivity index is 0.00000196. The number of nitrogens with zero attached hydrogens (tertiary/aromatic N) is 2. The molecule has 130 valence electrons. The fourth-order valence-corrected chi connectivity index (χ4v) is 2.72. The highest BCUT2D eigenvalue weighted by Crippen LogP contribution is 2.26. The summed E-state index contributed by atoms with van der Waals surface area (Å²) in [5, 5.41) is 7.71. The van der Waals surface area contributed by atoms with E-state index in [1.165, 1.54) is 0 Å². The van der Waals surface area contributed by atoms with Crippen molar-refractivity contribution in [1.29, 1.82) is 0 Å². The monoisotopic (exact) mass is 362 g/mol. The van der Waals surface area contributed by atoms with Gasteiger partial charge in [-0.2, -0.15) is 4.98 Å². The number of hydrogen-bond acceptors (Lipinski definition) is 4. The van der Waals surface area contributed by atoms with E-state index in [1.54, 1.807) is 0 Å². The maximum absolute atomic E-state index is 4.70. The summed E-state index contributed by atoms with van der Waals surface area (Å²) in [6, 6.07) is 26.1. The minimum absolute atomic E-state index is 0. The van der Waals surface area contributed by atoms with Crippen LogP contribution in [0.1, 0.15) is 5.56 Å². The standard InChI is InChI=1S/C21H18N4.ClH/c1-15-9-5-7-13-18(15)23-21-24-19-14-8-6-12-17(19)20(25-21)22-16-10-3-2-4-11-16;/h2-14H,1H3,(H2,22,23,24,25);1H. The van der Waals surface area contributed by atoms with E-state index in [0.717, 1.165) is 33.7 Å². The fourth-order valence-electron chi connectivity index (χ4n) is 2.72. The van der Waals surface area contributed by atoms with Crippen molar-refractivity contribution < 1.29 is 0 Å². The molecule has 4 aromatic rings. The van der Waals surface area contributed by atoms with Crippen molar-refractivity contribution in [3.8, 4) is 0 Å². The smallest absolute Gasteiger partial charge is 0.229 e. The first kappa shape index (κ1) is 17.7. The molecule has 0 aliphatic carbocycles. The third-order valence-electron chi connectivity index (χ3n) is 4.03. The van der Waals surface area contributed by atoms with Crippen LogP contribution in [0.3, 0.4) is 0 Å². The largest absolute Gasteiger partial charge is 0.340 e. The normalized spacial score (nSPS) is 10.2. The number of para-hydroxylation sites is 3. The van der Waals surface area contributed by atoms with Crippen LogP contribution in [0, 0.1) is 6.92 Å². The van der Waals surface area contributed by atoms with Crippen LogP contribution in [0.2, 0.25) is 0 Å². The van der Waals surface area contributed by atoms with Crippen molar-refractivity contribution >= 4 is 46.5 Å². The SMILES string of the molecule is Cc1ccccc1Nc1nc(Nc2ccccc2)c2ccccc2n1.Cl. The summed E-state index contributed by atoms with van der Waals surface area (Å²) >= 11 is 0. The Morgan fingerprint density at radius 2 is 1.38 bits per heavy atom. The number of aromatic nitrogens is 2. The van der Waals surface area contributed by atoms with E-state index in [-0.39, 0.29) is 12.4 Å². The van der Waals surface area contributed by atoms with Crippen molar-refractivity contribution in [2.75, 3.05) is 10.6 Å². The van der Waals surface area contributed by atoms with Gasteiger partial charge in [0.15, 0.2) is 0 Å². The number of nitrogens with one attached hydrogen (secondary N) is 2. The van der Waals surface area contributed by atoms with E-state index < -0.39 is 0 Å². The zero-order chi connectivity index (χ0) is 17.1. The molecule has 0 radical (unpaired) electrons. The molecule has 0 unspecified atom stereocenters. The summed E-state index contributed by atoms with van der Waals surface area (Å²) in [5.41, 5.74) is 4.04. The minimum atomic E-state index is 0. The second-order valence-electron chi connectivity index (χ2n) is 5.84. The lowest BCUT2D eigenvalue weighted by molar-refractivity contribution is 1.20. The third-order valence-corrected chi connectivity index (χ3v) is 4.03. The topological polar surface area (TPSA) is 49.8 Å². The van der Waals surface area contributed by atoms with Crippen LogP contribution in [-0.2, 0) is 0 Å². The van der Waals surface area contributed by atoms with Crippen LogP contribution in [-0.4, -0.2) is 9.97 Å². The van der Waals surface area contributed by atoms with Gasteiger partial charge in [0, 0.05) is 16.8 Å². The van der Waals surface area contributed by atoms with Crippen LogP contribution in [0.15, 0.2) is 78.9 Å². The number of halogens is 1. The maximum Gasteiger partial charge on any atom is 0.229 e.